The summed E-state index contributed by atoms with van der Waals surface area (Å²) < 4.78 is 1.44. The fourth-order valence-electron chi connectivity index (χ4n) is 0.657. The Balaban J connectivity index is 2.89. The summed E-state index contributed by atoms with van der Waals surface area (Å²) in [5.74, 6) is 0. The van der Waals surface area contributed by atoms with E-state index < -0.39 is 15.7 Å². The van der Waals surface area contributed by atoms with Crippen LogP contribution in [-0.2, 0) is 0 Å². The first-order valence-corrected chi connectivity index (χ1v) is 15.6. The van der Waals surface area contributed by atoms with Gasteiger partial charge in [0, 0.05) is 0 Å². The molecule has 0 aliphatic rings. The number of aryl methyl sites for hydroxylation is 1. The second kappa shape index (κ2) is 4.13. The van der Waals surface area contributed by atoms with Crippen molar-refractivity contribution in [1.82, 2.24) is 0 Å². The van der Waals surface area contributed by atoms with Gasteiger partial charge in [0.05, 0.1) is 0 Å². The van der Waals surface area contributed by atoms with Crippen molar-refractivity contribution < 1.29 is 0 Å². The van der Waals surface area contributed by atoms with Gasteiger partial charge in [0.2, 0.25) is 0 Å². The van der Waals surface area contributed by atoms with Gasteiger partial charge in [-0.05, 0) is 0 Å². The van der Waals surface area contributed by atoms with Crippen LogP contribution < -0.4 is 3.51 Å². The van der Waals surface area contributed by atoms with Crippen molar-refractivity contribution in [2.75, 3.05) is 0 Å². The SMILES string of the molecule is Cc1cc[c]([Sb]([Br])[Br])cc1. The molecule has 0 nitrogen and oxygen atoms in total. The van der Waals surface area contributed by atoms with Crippen molar-refractivity contribution in [2.45, 2.75) is 6.92 Å². The van der Waals surface area contributed by atoms with Crippen LogP contribution in [0, 0.1) is 6.92 Å². The zero-order valence-corrected chi connectivity index (χ0v) is 11.2. The number of hydrogen-bond acceptors (Lipinski definition) is 0. The van der Waals surface area contributed by atoms with Gasteiger partial charge in [0.1, 0.15) is 0 Å². The molecule has 0 heterocycles. The summed E-state index contributed by atoms with van der Waals surface area (Å²) in [6, 6.07) is 8.66. The molecule has 0 fully saturated rings. The Morgan fingerprint density at radius 3 is 2.00 bits per heavy atom. The van der Waals surface area contributed by atoms with Crippen LogP contribution in [0.1, 0.15) is 5.56 Å². The molecule has 3 heteroatoms. The molecule has 10 heavy (non-hydrogen) atoms. The summed E-state index contributed by atoms with van der Waals surface area (Å²) in [7, 11) is 0. The maximum atomic E-state index is 3.61. The van der Waals surface area contributed by atoms with Crippen LogP contribution in [0.3, 0.4) is 0 Å². The van der Waals surface area contributed by atoms with Crippen LogP contribution in [0.25, 0.3) is 0 Å². The van der Waals surface area contributed by atoms with Crippen molar-refractivity contribution in [3.8, 4) is 0 Å². The van der Waals surface area contributed by atoms with Crippen molar-refractivity contribution in [3.05, 3.63) is 29.8 Å². The topological polar surface area (TPSA) is 0 Å². The summed E-state index contributed by atoms with van der Waals surface area (Å²) >= 11 is 5.90. The predicted octanol–water partition coefficient (Wildman–Crippen LogP) is 2.48. The molecule has 54 valence electrons. The van der Waals surface area contributed by atoms with E-state index in [2.05, 4.69) is 56.4 Å². The third-order valence-corrected chi connectivity index (χ3v) is 8.69. The second-order valence-electron chi connectivity index (χ2n) is 2.07. The Bertz CT molecular complexity index is 205. The van der Waals surface area contributed by atoms with Gasteiger partial charge in [-0.1, -0.05) is 0 Å². The quantitative estimate of drug-likeness (QED) is 0.665. The van der Waals surface area contributed by atoms with Gasteiger partial charge in [-0.25, -0.2) is 0 Å². The maximum absolute atomic E-state index is 3.61. The Morgan fingerprint density at radius 1 is 1.10 bits per heavy atom. The molecule has 0 aliphatic carbocycles. The molecule has 0 N–H and O–H groups in total. The summed E-state index contributed by atoms with van der Waals surface area (Å²) in [5.41, 5.74) is 1.33. The Labute approximate surface area is 80.3 Å². The molecule has 0 aliphatic heterocycles. The normalized spacial score (nSPS) is 10.4. The van der Waals surface area contributed by atoms with E-state index >= 15 is 0 Å². The summed E-state index contributed by atoms with van der Waals surface area (Å²) in [6.45, 7) is 2.10. The predicted molar refractivity (Wildman–Crippen MR) is 54.4 cm³/mol. The van der Waals surface area contributed by atoms with Crippen LogP contribution in [0.2, 0.25) is 0 Å². The minimum atomic E-state index is -1.31. The Morgan fingerprint density at radius 2 is 1.60 bits per heavy atom. The number of halogens is 2. The molecule has 1 aromatic rings. The van der Waals surface area contributed by atoms with Crippen LogP contribution in [0.4, 0.5) is 0 Å². The van der Waals surface area contributed by atoms with Crippen molar-refractivity contribution in [3.63, 3.8) is 0 Å². The van der Waals surface area contributed by atoms with E-state index in [1.807, 2.05) is 0 Å². The van der Waals surface area contributed by atoms with E-state index in [9.17, 15) is 0 Å². The Hall–Kier alpha value is 0.998. The van der Waals surface area contributed by atoms with E-state index in [-0.39, 0.29) is 0 Å². The van der Waals surface area contributed by atoms with Crippen LogP contribution in [0.15, 0.2) is 24.3 Å². The molecule has 0 atom stereocenters. The molecular weight excluding hydrogens is 366 g/mol. The Kier molecular flexibility index (Phi) is 3.75. The molecule has 1 rings (SSSR count). The van der Waals surface area contributed by atoms with Crippen molar-refractivity contribution >= 4 is 44.4 Å². The van der Waals surface area contributed by atoms with Crippen molar-refractivity contribution in [2.24, 2.45) is 0 Å². The molecule has 0 radical (unpaired) electrons. The molecular formula is C7H7Br2Sb. The average molecular weight is 373 g/mol. The molecule has 0 unspecified atom stereocenters. The third kappa shape index (κ3) is 2.56. The van der Waals surface area contributed by atoms with Crippen LogP contribution in [0.5, 0.6) is 0 Å². The fraction of sp³-hybridized carbons (Fsp3) is 0.143. The zero-order chi connectivity index (χ0) is 7.56. The number of hydrogen-bond donors (Lipinski definition) is 0. The van der Waals surface area contributed by atoms with E-state index in [0.717, 1.165) is 0 Å². The van der Waals surface area contributed by atoms with Gasteiger partial charge in [0.25, 0.3) is 0 Å². The number of benzene rings is 1. The molecule has 0 saturated heterocycles. The van der Waals surface area contributed by atoms with Gasteiger partial charge in [-0.15, -0.1) is 0 Å². The van der Waals surface area contributed by atoms with E-state index in [1.165, 1.54) is 9.07 Å². The van der Waals surface area contributed by atoms with Crippen molar-refractivity contribution in [1.29, 1.82) is 0 Å². The minimum absolute atomic E-state index is 1.31. The van der Waals surface area contributed by atoms with Gasteiger partial charge in [0.15, 0.2) is 0 Å². The third-order valence-electron chi connectivity index (χ3n) is 1.23. The van der Waals surface area contributed by atoms with Gasteiger partial charge in [-0.3, -0.25) is 0 Å². The zero-order valence-electron chi connectivity index (χ0n) is 5.51. The van der Waals surface area contributed by atoms with E-state index in [0.29, 0.717) is 0 Å². The van der Waals surface area contributed by atoms with Gasteiger partial charge in [-0.2, -0.15) is 0 Å². The van der Waals surface area contributed by atoms with E-state index in [4.69, 9.17) is 0 Å². The summed E-state index contributed by atoms with van der Waals surface area (Å²) in [6.07, 6.45) is 0. The molecule has 0 bridgehead atoms. The first kappa shape index (κ1) is 9.09. The molecule has 0 spiro atoms. The summed E-state index contributed by atoms with van der Waals surface area (Å²) in [4.78, 5) is 0. The molecule has 0 amide bonds. The molecule has 0 saturated carbocycles. The van der Waals surface area contributed by atoms with Gasteiger partial charge >= 0.3 is 81.2 Å². The molecule has 0 aromatic heterocycles. The first-order valence-electron chi connectivity index (χ1n) is 2.88. The average Bonchev–Trinajstić information content (AvgIpc) is 1.88. The van der Waals surface area contributed by atoms with Crippen LogP contribution in [-0.4, -0.2) is 15.7 Å². The van der Waals surface area contributed by atoms with Gasteiger partial charge < -0.3 is 0 Å². The monoisotopic (exact) mass is 370 g/mol. The first-order chi connectivity index (χ1) is 4.70. The van der Waals surface area contributed by atoms with Crippen LogP contribution >= 0.6 is 25.2 Å². The summed E-state index contributed by atoms with van der Waals surface area (Å²) in [5, 5.41) is 0. The standard InChI is InChI=1S/C7H7.2BrH.Sb/c1-7-5-3-2-4-6-7;;;/h3-6H,1H3;2*1H;/q;;;+2/p-2. The fourth-order valence-corrected chi connectivity index (χ4v) is 4.90. The number of rotatable bonds is 1. The van der Waals surface area contributed by atoms with E-state index in [1.54, 1.807) is 0 Å². The molecule has 1 aromatic carbocycles. The second-order valence-corrected chi connectivity index (χ2v) is 20.8.